The molecule has 0 bridgehead atoms. The highest BCUT2D eigenvalue weighted by Crippen LogP contribution is 2.37. The lowest BCUT2D eigenvalue weighted by Gasteiger charge is -2.26. The molecule has 0 radical (unpaired) electrons. The highest BCUT2D eigenvalue weighted by atomic mass is 32.2. The fraction of sp³-hybridized carbons (Fsp3) is 0.200. The van der Waals surface area contributed by atoms with Gasteiger partial charge in [-0.3, -0.25) is 4.79 Å². The van der Waals surface area contributed by atoms with Crippen LogP contribution in [0.4, 0.5) is 0 Å². The van der Waals surface area contributed by atoms with Crippen LogP contribution in [0, 0.1) is 18.3 Å². The highest BCUT2D eigenvalue weighted by molar-refractivity contribution is 8.02. The normalized spacial score (nSPS) is 17.3. The molecule has 1 N–H and O–H groups in total. The Hall–Kier alpha value is -2.51. The van der Waals surface area contributed by atoms with Gasteiger partial charge in [0.05, 0.1) is 16.7 Å². The van der Waals surface area contributed by atoms with Gasteiger partial charge in [0.1, 0.15) is 0 Å². The number of hydrogen-bond acceptors (Lipinski definition) is 3. The second-order valence-corrected chi connectivity index (χ2v) is 6.78. The maximum absolute atomic E-state index is 12.2. The molecule has 1 atom stereocenters. The average Bonchev–Trinajstić information content (AvgIpc) is 2.61. The summed E-state index contributed by atoms with van der Waals surface area (Å²) in [7, 11) is 0. The van der Waals surface area contributed by atoms with E-state index in [9.17, 15) is 10.1 Å². The lowest BCUT2D eigenvalue weighted by atomic mass is 9.85. The van der Waals surface area contributed by atoms with Crippen LogP contribution in [0.25, 0.3) is 0 Å². The molecule has 0 saturated carbocycles. The van der Waals surface area contributed by atoms with E-state index in [1.165, 1.54) is 17.3 Å². The minimum Gasteiger partial charge on any atom is -0.320 e. The number of rotatable bonds is 4. The molecule has 1 aliphatic heterocycles. The predicted molar refractivity (Wildman–Crippen MR) is 97.1 cm³/mol. The van der Waals surface area contributed by atoms with Crippen LogP contribution >= 0.6 is 11.8 Å². The van der Waals surface area contributed by atoms with Gasteiger partial charge in [-0.05, 0) is 23.6 Å². The van der Waals surface area contributed by atoms with Crippen molar-refractivity contribution in [2.24, 2.45) is 0 Å². The SMILES string of the molecule is Cc1ccccc1[C@H]1CC(=O)NC(SCc2ccccc2)=C1C#N. The number of amides is 1. The van der Waals surface area contributed by atoms with Gasteiger partial charge in [-0.1, -0.05) is 54.6 Å². The van der Waals surface area contributed by atoms with Crippen LogP contribution in [0.15, 0.2) is 65.2 Å². The summed E-state index contributed by atoms with van der Waals surface area (Å²) in [4.78, 5) is 12.2. The Morgan fingerprint density at radius 1 is 1.17 bits per heavy atom. The van der Waals surface area contributed by atoms with Crippen molar-refractivity contribution in [3.8, 4) is 6.07 Å². The minimum absolute atomic E-state index is 0.0298. The first kappa shape index (κ1) is 16.4. The monoisotopic (exact) mass is 334 g/mol. The molecule has 0 saturated heterocycles. The third-order valence-corrected chi connectivity index (χ3v) is 5.23. The number of carbonyl (C=O) groups is 1. The van der Waals surface area contributed by atoms with Gasteiger partial charge in [0.15, 0.2) is 0 Å². The Morgan fingerprint density at radius 3 is 2.58 bits per heavy atom. The number of thioether (sulfide) groups is 1. The highest BCUT2D eigenvalue weighted by Gasteiger charge is 2.30. The molecule has 4 heteroatoms. The molecular formula is C20H18N2OS. The van der Waals surface area contributed by atoms with Gasteiger partial charge < -0.3 is 5.32 Å². The summed E-state index contributed by atoms with van der Waals surface area (Å²) < 4.78 is 0. The number of allylic oxidation sites excluding steroid dienone is 1. The number of nitrogens with one attached hydrogen (secondary N) is 1. The molecule has 2 aromatic carbocycles. The smallest absolute Gasteiger partial charge is 0.225 e. The molecule has 24 heavy (non-hydrogen) atoms. The maximum atomic E-state index is 12.2. The molecule has 0 aromatic heterocycles. The zero-order valence-corrected chi connectivity index (χ0v) is 14.3. The Balaban J connectivity index is 1.91. The summed E-state index contributed by atoms with van der Waals surface area (Å²) in [5, 5.41) is 13.3. The van der Waals surface area contributed by atoms with E-state index in [1.807, 2.05) is 61.5 Å². The quantitative estimate of drug-likeness (QED) is 0.908. The third kappa shape index (κ3) is 3.52. The summed E-state index contributed by atoms with van der Waals surface area (Å²) in [5.41, 5.74) is 3.99. The van der Waals surface area contributed by atoms with E-state index in [1.54, 1.807) is 0 Å². The van der Waals surface area contributed by atoms with Gasteiger partial charge in [-0.25, -0.2) is 0 Å². The van der Waals surface area contributed by atoms with Crippen LogP contribution in [-0.4, -0.2) is 5.91 Å². The van der Waals surface area contributed by atoms with Crippen LogP contribution in [0.3, 0.4) is 0 Å². The number of aryl methyl sites for hydroxylation is 1. The second kappa shape index (κ2) is 7.37. The molecule has 1 amide bonds. The summed E-state index contributed by atoms with van der Waals surface area (Å²) in [6, 6.07) is 20.3. The number of benzene rings is 2. The number of carbonyl (C=O) groups excluding carboxylic acids is 1. The van der Waals surface area contributed by atoms with Gasteiger partial charge in [0, 0.05) is 18.1 Å². The molecule has 2 aromatic rings. The molecular weight excluding hydrogens is 316 g/mol. The molecule has 0 unspecified atom stereocenters. The largest absolute Gasteiger partial charge is 0.320 e. The van der Waals surface area contributed by atoms with Crippen molar-refractivity contribution >= 4 is 17.7 Å². The van der Waals surface area contributed by atoms with Crippen molar-refractivity contribution in [1.82, 2.24) is 5.32 Å². The molecule has 0 aliphatic carbocycles. The van der Waals surface area contributed by atoms with Gasteiger partial charge in [-0.2, -0.15) is 5.26 Å². The predicted octanol–water partition coefficient (Wildman–Crippen LogP) is 4.27. The van der Waals surface area contributed by atoms with Crippen LogP contribution in [0.5, 0.6) is 0 Å². The average molecular weight is 334 g/mol. The van der Waals surface area contributed by atoms with Crippen molar-refractivity contribution in [2.45, 2.75) is 25.0 Å². The Morgan fingerprint density at radius 2 is 1.88 bits per heavy atom. The molecule has 1 heterocycles. The Kier molecular flexibility index (Phi) is 5.02. The summed E-state index contributed by atoms with van der Waals surface area (Å²) >= 11 is 1.52. The summed E-state index contributed by atoms with van der Waals surface area (Å²) in [6.07, 6.45) is 0.323. The van der Waals surface area contributed by atoms with Gasteiger partial charge in [0.25, 0.3) is 0 Å². The summed E-state index contributed by atoms with van der Waals surface area (Å²) in [6.45, 7) is 2.02. The first-order valence-corrected chi connectivity index (χ1v) is 8.84. The third-order valence-electron chi connectivity index (χ3n) is 4.15. The molecule has 3 rings (SSSR count). The van der Waals surface area contributed by atoms with Crippen molar-refractivity contribution in [1.29, 1.82) is 5.26 Å². The van der Waals surface area contributed by atoms with Crippen molar-refractivity contribution < 1.29 is 4.79 Å². The van der Waals surface area contributed by atoms with Crippen LogP contribution in [-0.2, 0) is 10.5 Å². The molecule has 3 nitrogen and oxygen atoms in total. The topological polar surface area (TPSA) is 52.9 Å². The zero-order valence-electron chi connectivity index (χ0n) is 13.5. The summed E-state index contributed by atoms with van der Waals surface area (Å²) in [5.74, 6) is 0.531. The van der Waals surface area contributed by atoms with E-state index in [2.05, 4.69) is 11.4 Å². The fourth-order valence-corrected chi connectivity index (χ4v) is 3.94. The lowest BCUT2D eigenvalue weighted by Crippen LogP contribution is -2.31. The van der Waals surface area contributed by atoms with E-state index >= 15 is 0 Å². The van der Waals surface area contributed by atoms with Gasteiger partial charge in [0.2, 0.25) is 5.91 Å². The van der Waals surface area contributed by atoms with Gasteiger partial charge in [-0.15, -0.1) is 11.8 Å². The zero-order chi connectivity index (χ0) is 16.9. The van der Waals surface area contributed by atoms with Crippen LogP contribution in [0.2, 0.25) is 0 Å². The molecule has 0 spiro atoms. The van der Waals surface area contributed by atoms with E-state index in [0.717, 1.165) is 16.9 Å². The van der Waals surface area contributed by atoms with E-state index in [-0.39, 0.29) is 11.8 Å². The molecule has 0 fully saturated rings. The first-order valence-electron chi connectivity index (χ1n) is 7.85. The number of nitriles is 1. The van der Waals surface area contributed by atoms with E-state index in [0.29, 0.717) is 17.0 Å². The standard InChI is InChI=1S/C20H18N2OS/c1-14-7-5-6-10-16(14)17-11-19(23)22-20(18(17)12-21)24-13-15-8-3-2-4-9-15/h2-10,17H,11,13H2,1H3,(H,22,23)/t17-/m1/s1. The number of hydrogen-bond donors (Lipinski definition) is 1. The lowest BCUT2D eigenvalue weighted by molar-refractivity contribution is -0.120. The fourth-order valence-electron chi connectivity index (χ4n) is 2.91. The maximum Gasteiger partial charge on any atom is 0.225 e. The van der Waals surface area contributed by atoms with Crippen LogP contribution < -0.4 is 5.32 Å². The second-order valence-electron chi connectivity index (χ2n) is 5.79. The first-order chi connectivity index (χ1) is 11.7. The van der Waals surface area contributed by atoms with E-state index in [4.69, 9.17) is 0 Å². The minimum atomic E-state index is -0.164. The van der Waals surface area contributed by atoms with Crippen LogP contribution in [0.1, 0.15) is 29.0 Å². The van der Waals surface area contributed by atoms with Crippen molar-refractivity contribution in [2.75, 3.05) is 0 Å². The van der Waals surface area contributed by atoms with Gasteiger partial charge >= 0.3 is 0 Å². The molecule has 120 valence electrons. The van der Waals surface area contributed by atoms with E-state index < -0.39 is 0 Å². The molecule has 1 aliphatic rings. The Labute approximate surface area is 146 Å². The van der Waals surface area contributed by atoms with Crippen molar-refractivity contribution in [3.05, 3.63) is 81.9 Å². The number of nitrogens with zero attached hydrogens (tertiary/aromatic N) is 1. The van der Waals surface area contributed by atoms with Crippen molar-refractivity contribution in [3.63, 3.8) is 0 Å². The Bertz CT molecular complexity index is 821.